The topological polar surface area (TPSA) is 95.9 Å². The number of rotatable bonds is 8. The molecule has 7 nitrogen and oxygen atoms in total. The molecular weight excluding hydrogens is 452 g/mol. The van der Waals surface area contributed by atoms with Crippen LogP contribution in [0.1, 0.15) is 50.2 Å². The highest BCUT2D eigenvalue weighted by Crippen LogP contribution is 2.44. The number of nitrogens with one attached hydrogen (secondary N) is 1. The number of aliphatic carboxylic acids is 1. The van der Waals surface area contributed by atoms with Gasteiger partial charge in [0, 0.05) is 24.1 Å². The summed E-state index contributed by atoms with van der Waals surface area (Å²) < 4.78 is 5.62. The Hall–Kier alpha value is -3.00. The predicted octanol–water partition coefficient (Wildman–Crippen LogP) is 4.46. The molecule has 0 spiro atoms. The molecule has 1 aliphatic heterocycles. The third kappa shape index (κ3) is 4.92. The highest BCUT2D eigenvalue weighted by Gasteiger charge is 2.39. The molecule has 0 saturated carbocycles. The second-order valence-corrected chi connectivity index (χ2v) is 10.1. The Morgan fingerprint density at radius 3 is 2.32 bits per heavy atom. The van der Waals surface area contributed by atoms with Crippen molar-refractivity contribution in [1.82, 2.24) is 10.2 Å². The smallest absolute Gasteiger partial charge is 0.407 e. The number of carbonyl (C=O) groups is 3. The first-order valence-electron chi connectivity index (χ1n) is 11.7. The highest BCUT2D eigenvalue weighted by atomic mass is 32.2. The minimum Gasteiger partial charge on any atom is -0.480 e. The monoisotopic (exact) mass is 482 g/mol. The fourth-order valence-corrected chi connectivity index (χ4v) is 6.01. The maximum absolute atomic E-state index is 12.7. The molecule has 0 radical (unpaired) electrons. The molecule has 3 atom stereocenters. The van der Waals surface area contributed by atoms with E-state index in [1.807, 2.05) is 38.1 Å². The lowest BCUT2D eigenvalue weighted by Crippen LogP contribution is -2.45. The SMILES string of the molecule is CCC(CCC(=O)N1C(C)SCC1C(=O)O)NC(=O)OCC1c2ccccc2-c2ccccc21. The van der Waals surface area contributed by atoms with Crippen molar-refractivity contribution in [2.45, 2.75) is 56.5 Å². The van der Waals surface area contributed by atoms with Gasteiger partial charge in [-0.3, -0.25) is 4.79 Å². The second-order valence-electron chi connectivity index (χ2n) is 8.70. The quantitative estimate of drug-likeness (QED) is 0.577. The molecule has 4 rings (SSSR count). The van der Waals surface area contributed by atoms with E-state index in [9.17, 15) is 19.5 Å². The minimum atomic E-state index is -0.978. The Bertz CT molecular complexity index is 1030. The molecule has 0 aromatic heterocycles. The summed E-state index contributed by atoms with van der Waals surface area (Å²) in [4.78, 5) is 38.2. The van der Waals surface area contributed by atoms with Gasteiger partial charge in [-0.05, 0) is 42.0 Å². The molecule has 1 saturated heterocycles. The van der Waals surface area contributed by atoms with Gasteiger partial charge in [-0.1, -0.05) is 55.5 Å². The lowest BCUT2D eigenvalue weighted by atomic mass is 9.98. The molecule has 2 N–H and O–H groups in total. The van der Waals surface area contributed by atoms with Crippen molar-refractivity contribution in [1.29, 1.82) is 0 Å². The summed E-state index contributed by atoms with van der Waals surface area (Å²) in [5.41, 5.74) is 4.65. The van der Waals surface area contributed by atoms with Crippen LogP contribution in [0.4, 0.5) is 4.79 Å². The third-order valence-electron chi connectivity index (χ3n) is 6.66. The minimum absolute atomic E-state index is 0.0121. The largest absolute Gasteiger partial charge is 0.480 e. The Balaban J connectivity index is 1.31. The number of amides is 2. The van der Waals surface area contributed by atoms with Crippen molar-refractivity contribution in [3.05, 3.63) is 59.7 Å². The first-order valence-corrected chi connectivity index (χ1v) is 12.7. The second kappa shape index (κ2) is 10.5. The van der Waals surface area contributed by atoms with Gasteiger partial charge in [0.05, 0.1) is 5.37 Å². The number of fused-ring (bicyclic) bond motifs is 3. The van der Waals surface area contributed by atoms with E-state index in [0.717, 1.165) is 11.1 Å². The number of carboxylic acid groups (broad SMARTS) is 1. The van der Waals surface area contributed by atoms with Crippen molar-refractivity contribution in [2.24, 2.45) is 0 Å². The number of benzene rings is 2. The van der Waals surface area contributed by atoms with Crippen LogP contribution in [-0.2, 0) is 14.3 Å². The van der Waals surface area contributed by atoms with E-state index in [0.29, 0.717) is 18.6 Å². The van der Waals surface area contributed by atoms with Crippen molar-refractivity contribution >= 4 is 29.7 Å². The molecule has 2 amide bonds. The number of hydrogen-bond acceptors (Lipinski definition) is 5. The Kier molecular flexibility index (Phi) is 7.46. The van der Waals surface area contributed by atoms with Gasteiger partial charge in [-0.15, -0.1) is 11.8 Å². The molecule has 1 fully saturated rings. The summed E-state index contributed by atoms with van der Waals surface area (Å²) in [6.45, 7) is 4.02. The van der Waals surface area contributed by atoms with Crippen LogP contribution >= 0.6 is 11.8 Å². The fraction of sp³-hybridized carbons (Fsp3) is 0.423. The molecule has 0 bridgehead atoms. The van der Waals surface area contributed by atoms with Crippen LogP contribution in [0.5, 0.6) is 0 Å². The predicted molar refractivity (Wildman–Crippen MR) is 132 cm³/mol. The van der Waals surface area contributed by atoms with Crippen LogP contribution in [0.3, 0.4) is 0 Å². The molecule has 2 aromatic carbocycles. The molecule has 180 valence electrons. The van der Waals surface area contributed by atoms with Crippen LogP contribution in [0.2, 0.25) is 0 Å². The van der Waals surface area contributed by atoms with Gasteiger partial charge in [0.1, 0.15) is 12.6 Å². The van der Waals surface area contributed by atoms with Gasteiger partial charge in [0.15, 0.2) is 0 Å². The molecule has 34 heavy (non-hydrogen) atoms. The van der Waals surface area contributed by atoms with Gasteiger partial charge in [0.25, 0.3) is 0 Å². The van der Waals surface area contributed by atoms with Crippen LogP contribution in [0.15, 0.2) is 48.5 Å². The average Bonchev–Trinajstić information content (AvgIpc) is 3.38. The van der Waals surface area contributed by atoms with Crippen molar-refractivity contribution in [3.8, 4) is 11.1 Å². The van der Waals surface area contributed by atoms with Crippen molar-refractivity contribution < 1.29 is 24.2 Å². The van der Waals surface area contributed by atoms with Crippen molar-refractivity contribution in [2.75, 3.05) is 12.4 Å². The van der Waals surface area contributed by atoms with E-state index in [-0.39, 0.29) is 36.3 Å². The van der Waals surface area contributed by atoms with Gasteiger partial charge < -0.3 is 20.1 Å². The Labute approximate surface area is 203 Å². The van der Waals surface area contributed by atoms with Crippen LogP contribution < -0.4 is 5.32 Å². The number of nitrogens with zero attached hydrogens (tertiary/aromatic N) is 1. The zero-order chi connectivity index (χ0) is 24.2. The number of hydrogen-bond donors (Lipinski definition) is 2. The van der Waals surface area contributed by atoms with Crippen LogP contribution in [-0.4, -0.2) is 57.8 Å². The van der Waals surface area contributed by atoms with E-state index in [2.05, 4.69) is 29.6 Å². The zero-order valence-corrected chi connectivity index (χ0v) is 20.2. The lowest BCUT2D eigenvalue weighted by Gasteiger charge is -2.26. The number of alkyl carbamates (subject to hydrolysis) is 1. The van der Waals surface area contributed by atoms with E-state index in [4.69, 9.17) is 4.74 Å². The standard InChI is InChI=1S/C26H30N2O5S/c1-3-17(12-13-24(29)28-16(2)34-15-23(28)25(30)31)27-26(32)33-14-22-20-10-6-4-8-18(20)19-9-5-7-11-21(19)22/h4-11,16-17,22-23H,3,12-15H2,1-2H3,(H,27,32)(H,30,31). The van der Waals surface area contributed by atoms with Crippen molar-refractivity contribution in [3.63, 3.8) is 0 Å². The maximum Gasteiger partial charge on any atom is 0.407 e. The molecule has 8 heteroatoms. The van der Waals surface area contributed by atoms with Crippen LogP contribution in [0, 0.1) is 0 Å². The van der Waals surface area contributed by atoms with Gasteiger partial charge in [0.2, 0.25) is 5.91 Å². The fourth-order valence-electron chi connectivity index (χ4n) is 4.82. The summed E-state index contributed by atoms with van der Waals surface area (Å²) in [5, 5.41) is 12.1. The van der Waals surface area contributed by atoms with E-state index in [1.165, 1.54) is 27.8 Å². The number of ether oxygens (including phenoxy) is 1. The first-order chi connectivity index (χ1) is 16.4. The number of carbonyl (C=O) groups excluding carboxylic acids is 2. The molecular formula is C26H30N2O5S. The highest BCUT2D eigenvalue weighted by molar-refractivity contribution is 8.00. The summed E-state index contributed by atoms with van der Waals surface area (Å²) in [6.07, 6.45) is 0.746. The van der Waals surface area contributed by atoms with Gasteiger partial charge in [-0.25, -0.2) is 9.59 Å². The molecule has 2 aliphatic rings. The summed E-state index contributed by atoms with van der Waals surface area (Å²) in [5.74, 6) is -0.786. The summed E-state index contributed by atoms with van der Waals surface area (Å²) >= 11 is 1.46. The molecule has 3 unspecified atom stereocenters. The first kappa shape index (κ1) is 24.1. The number of carboxylic acids is 1. The summed E-state index contributed by atoms with van der Waals surface area (Å²) in [7, 11) is 0. The maximum atomic E-state index is 12.7. The Morgan fingerprint density at radius 2 is 1.74 bits per heavy atom. The Morgan fingerprint density at radius 1 is 1.12 bits per heavy atom. The third-order valence-corrected chi connectivity index (χ3v) is 7.88. The molecule has 1 aliphatic carbocycles. The molecule has 2 aromatic rings. The summed E-state index contributed by atoms with van der Waals surface area (Å²) in [6, 6.07) is 15.3. The van der Waals surface area contributed by atoms with E-state index >= 15 is 0 Å². The number of thioether (sulfide) groups is 1. The average molecular weight is 483 g/mol. The van der Waals surface area contributed by atoms with E-state index in [1.54, 1.807) is 0 Å². The normalized spacial score (nSPS) is 19.9. The van der Waals surface area contributed by atoms with Crippen LogP contribution in [0.25, 0.3) is 11.1 Å². The van der Waals surface area contributed by atoms with E-state index < -0.39 is 18.1 Å². The van der Waals surface area contributed by atoms with Gasteiger partial charge >= 0.3 is 12.1 Å². The lowest BCUT2D eigenvalue weighted by molar-refractivity contribution is -0.149. The zero-order valence-electron chi connectivity index (χ0n) is 19.4. The molecule has 1 heterocycles. The van der Waals surface area contributed by atoms with Gasteiger partial charge in [-0.2, -0.15) is 0 Å².